The van der Waals surface area contributed by atoms with Crippen molar-refractivity contribution < 1.29 is 17.9 Å². The van der Waals surface area contributed by atoms with Gasteiger partial charge in [0, 0.05) is 4.47 Å². The van der Waals surface area contributed by atoms with E-state index < -0.39 is 16.1 Å². The minimum absolute atomic E-state index is 0.217. The van der Waals surface area contributed by atoms with Crippen LogP contribution in [0.5, 0.6) is 11.5 Å². The van der Waals surface area contributed by atoms with Crippen LogP contribution in [-0.2, 0) is 16.4 Å². The molecule has 0 aliphatic rings. The van der Waals surface area contributed by atoms with Crippen LogP contribution in [0.2, 0.25) is 0 Å². The van der Waals surface area contributed by atoms with Gasteiger partial charge in [-0.3, -0.25) is 0 Å². The van der Waals surface area contributed by atoms with Crippen molar-refractivity contribution in [2.75, 3.05) is 14.2 Å². The van der Waals surface area contributed by atoms with Gasteiger partial charge >= 0.3 is 0 Å². The number of halogens is 1. The van der Waals surface area contributed by atoms with E-state index in [0.29, 0.717) is 12.2 Å². The molecule has 0 heterocycles. The van der Waals surface area contributed by atoms with Crippen LogP contribution in [0.1, 0.15) is 17.2 Å². The molecule has 0 aliphatic carbocycles. The Kier molecular flexibility index (Phi) is 6.95. The van der Waals surface area contributed by atoms with Gasteiger partial charge in [0.05, 0.1) is 25.2 Å². The van der Waals surface area contributed by atoms with Crippen LogP contribution in [0.25, 0.3) is 0 Å². The molecule has 3 rings (SSSR count). The molecule has 0 amide bonds. The maximum absolute atomic E-state index is 13.0. The van der Waals surface area contributed by atoms with E-state index >= 15 is 0 Å². The number of rotatable bonds is 8. The van der Waals surface area contributed by atoms with Crippen LogP contribution in [0.3, 0.4) is 0 Å². The van der Waals surface area contributed by atoms with Crippen molar-refractivity contribution in [2.24, 2.45) is 0 Å². The van der Waals surface area contributed by atoms with Gasteiger partial charge < -0.3 is 9.47 Å². The predicted molar refractivity (Wildman–Crippen MR) is 117 cm³/mol. The molecule has 152 valence electrons. The molecule has 1 atom stereocenters. The summed E-state index contributed by atoms with van der Waals surface area (Å²) >= 11 is 3.33. The molecule has 29 heavy (non-hydrogen) atoms. The van der Waals surface area contributed by atoms with Crippen molar-refractivity contribution in [3.8, 4) is 11.5 Å². The van der Waals surface area contributed by atoms with Crippen molar-refractivity contribution in [2.45, 2.75) is 17.4 Å². The van der Waals surface area contributed by atoms with Crippen LogP contribution in [0.15, 0.2) is 82.2 Å². The van der Waals surface area contributed by atoms with Crippen LogP contribution in [0, 0.1) is 0 Å². The molecule has 7 heteroatoms. The highest BCUT2D eigenvalue weighted by Crippen LogP contribution is 2.25. The molecule has 5 nitrogen and oxygen atoms in total. The molecule has 0 fully saturated rings. The zero-order valence-corrected chi connectivity index (χ0v) is 18.5. The molecular weight excluding hydrogens is 454 g/mol. The SMILES string of the molecule is COc1ccc(CC(NS(=O)(=O)c2ccc(Br)cc2)c2ccc(OC)cc2)cc1. The van der Waals surface area contributed by atoms with Gasteiger partial charge in [-0.25, -0.2) is 13.1 Å². The van der Waals surface area contributed by atoms with E-state index in [1.54, 1.807) is 38.5 Å². The fourth-order valence-electron chi connectivity index (χ4n) is 2.93. The van der Waals surface area contributed by atoms with Gasteiger partial charge in [0.15, 0.2) is 0 Å². The highest BCUT2D eigenvalue weighted by molar-refractivity contribution is 9.10. The highest BCUT2D eigenvalue weighted by atomic mass is 79.9. The first-order valence-electron chi connectivity index (χ1n) is 8.96. The molecule has 0 saturated heterocycles. The summed E-state index contributed by atoms with van der Waals surface area (Å²) in [7, 11) is -0.490. The second kappa shape index (κ2) is 9.43. The monoisotopic (exact) mass is 475 g/mol. The lowest BCUT2D eigenvalue weighted by molar-refractivity contribution is 0.414. The van der Waals surface area contributed by atoms with Crippen LogP contribution >= 0.6 is 15.9 Å². The Morgan fingerprint density at radius 1 is 0.828 bits per heavy atom. The topological polar surface area (TPSA) is 64.6 Å². The van der Waals surface area contributed by atoms with Crippen molar-refractivity contribution >= 4 is 26.0 Å². The lowest BCUT2D eigenvalue weighted by atomic mass is 9.99. The van der Waals surface area contributed by atoms with Crippen LogP contribution in [0.4, 0.5) is 0 Å². The Balaban J connectivity index is 1.91. The van der Waals surface area contributed by atoms with Gasteiger partial charge in [0.2, 0.25) is 10.0 Å². The van der Waals surface area contributed by atoms with Crippen molar-refractivity contribution in [3.63, 3.8) is 0 Å². The number of benzene rings is 3. The zero-order valence-electron chi connectivity index (χ0n) is 16.1. The number of hydrogen-bond acceptors (Lipinski definition) is 4. The number of ether oxygens (including phenoxy) is 2. The maximum Gasteiger partial charge on any atom is 0.241 e. The fourth-order valence-corrected chi connectivity index (χ4v) is 4.42. The summed E-state index contributed by atoms with van der Waals surface area (Å²) in [6, 6.07) is 21.1. The second-order valence-corrected chi connectivity index (χ2v) is 9.08. The molecule has 1 unspecified atom stereocenters. The summed E-state index contributed by atoms with van der Waals surface area (Å²) in [5.41, 5.74) is 1.84. The number of sulfonamides is 1. The smallest absolute Gasteiger partial charge is 0.241 e. The van der Waals surface area contributed by atoms with E-state index in [4.69, 9.17) is 9.47 Å². The lowest BCUT2D eigenvalue weighted by Crippen LogP contribution is -2.30. The Labute approximate surface area is 179 Å². The minimum Gasteiger partial charge on any atom is -0.497 e. The molecular formula is C22H22BrNO4S. The summed E-state index contributed by atoms with van der Waals surface area (Å²) in [5.74, 6) is 1.47. The van der Waals surface area contributed by atoms with E-state index in [2.05, 4.69) is 20.7 Å². The Morgan fingerprint density at radius 3 is 1.86 bits per heavy atom. The minimum atomic E-state index is -3.70. The molecule has 0 saturated carbocycles. The Hall–Kier alpha value is -2.35. The highest BCUT2D eigenvalue weighted by Gasteiger charge is 2.22. The summed E-state index contributed by atoms with van der Waals surface area (Å²) < 4.78 is 40.0. The summed E-state index contributed by atoms with van der Waals surface area (Å²) in [6.07, 6.45) is 0.492. The van der Waals surface area contributed by atoms with Crippen LogP contribution < -0.4 is 14.2 Å². The summed E-state index contributed by atoms with van der Waals surface area (Å²) in [5, 5.41) is 0. The van der Waals surface area contributed by atoms with Gasteiger partial charge in [-0.2, -0.15) is 0 Å². The van der Waals surface area contributed by atoms with E-state index in [9.17, 15) is 8.42 Å². The third kappa shape index (κ3) is 5.59. The van der Waals surface area contributed by atoms with E-state index in [-0.39, 0.29) is 4.90 Å². The third-order valence-corrected chi connectivity index (χ3v) is 6.55. The van der Waals surface area contributed by atoms with Gasteiger partial charge in [0.1, 0.15) is 11.5 Å². The average molecular weight is 476 g/mol. The molecule has 0 radical (unpaired) electrons. The zero-order chi connectivity index (χ0) is 20.9. The van der Waals surface area contributed by atoms with Gasteiger partial charge in [-0.1, -0.05) is 40.2 Å². The van der Waals surface area contributed by atoms with Crippen molar-refractivity contribution in [1.82, 2.24) is 4.72 Å². The predicted octanol–water partition coefficient (Wildman–Crippen LogP) is 4.73. The average Bonchev–Trinajstić information content (AvgIpc) is 2.74. The molecule has 3 aromatic rings. The summed E-state index contributed by atoms with van der Waals surface area (Å²) in [6.45, 7) is 0. The standard InChI is InChI=1S/C22H22BrNO4S/c1-27-19-9-3-16(4-10-19)15-22(17-5-11-20(28-2)12-6-17)24-29(25,26)21-13-7-18(23)8-14-21/h3-14,22,24H,15H2,1-2H3. The number of methoxy groups -OCH3 is 2. The first-order chi connectivity index (χ1) is 13.9. The molecule has 0 spiro atoms. The first kappa shape index (κ1) is 21.4. The van der Waals surface area contributed by atoms with E-state index in [0.717, 1.165) is 21.3 Å². The fraction of sp³-hybridized carbons (Fsp3) is 0.182. The molecule has 0 aromatic heterocycles. The quantitative estimate of drug-likeness (QED) is 0.511. The molecule has 3 aromatic carbocycles. The van der Waals surface area contributed by atoms with Gasteiger partial charge in [0.25, 0.3) is 0 Å². The van der Waals surface area contributed by atoms with Crippen molar-refractivity contribution in [3.05, 3.63) is 88.4 Å². The lowest BCUT2D eigenvalue weighted by Gasteiger charge is -2.20. The van der Waals surface area contributed by atoms with E-state index in [1.807, 2.05) is 48.5 Å². The Morgan fingerprint density at radius 2 is 1.34 bits per heavy atom. The normalized spacial score (nSPS) is 12.4. The largest absolute Gasteiger partial charge is 0.497 e. The first-order valence-corrected chi connectivity index (χ1v) is 11.2. The molecule has 0 aliphatic heterocycles. The third-order valence-electron chi connectivity index (χ3n) is 4.54. The van der Waals surface area contributed by atoms with Crippen LogP contribution in [-0.4, -0.2) is 22.6 Å². The van der Waals surface area contributed by atoms with E-state index in [1.165, 1.54) is 0 Å². The number of nitrogens with one attached hydrogen (secondary N) is 1. The van der Waals surface area contributed by atoms with Gasteiger partial charge in [-0.15, -0.1) is 0 Å². The number of hydrogen-bond donors (Lipinski definition) is 1. The van der Waals surface area contributed by atoms with Gasteiger partial charge in [-0.05, 0) is 66.1 Å². The molecule has 1 N–H and O–H groups in total. The van der Waals surface area contributed by atoms with Crippen molar-refractivity contribution in [1.29, 1.82) is 0 Å². The Bertz CT molecular complexity index is 1030. The maximum atomic E-state index is 13.0. The summed E-state index contributed by atoms with van der Waals surface area (Å²) in [4.78, 5) is 0.217. The molecule has 0 bridgehead atoms. The second-order valence-electron chi connectivity index (χ2n) is 6.45.